The Hall–Kier alpha value is -3.73. The molecule has 30 heavy (non-hydrogen) atoms. The monoisotopic (exact) mass is 396 g/mol. The Balaban J connectivity index is 1.90. The number of carbonyl (C=O) groups is 1. The van der Waals surface area contributed by atoms with Crippen molar-refractivity contribution in [1.82, 2.24) is 15.0 Å². The summed E-state index contributed by atoms with van der Waals surface area (Å²) in [5, 5.41) is 3.84. The number of anilines is 1. The summed E-state index contributed by atoms with van der Waals surface area (Å²) >= 11 is 0. The Kier molecular flexibility index (Phi) is 4.96. The zero-order valence-electron chi connectivity index (χ0n) is 17.6. The SMILES string of the molecule is C=C(C)C(=O)Nc1cccc(-c2ncnc3[nH]cc(-c4c(C)cc(C)cc4C)c23)c1. The minimum atomic E-state index is -0.201. The number of benzene rings is 2. The van der Waals surface area contributed by atoms with Gasteiger partial charge in [-0.15, -0.1) is 0 Å². The number of amides is 1. The number of aromatic nitrogens is 3. The molecule has 5 nitrogen and oxygen atoms in total. The highest BCUT2D eigenvalue weighted by Gasteiger charge is 2.17. The highest BCUT2D eigenvalue weighted by atomic mass is 16.1. The van der Waals surface area contributed by atoms with Crippen LogP contribution < -0.4 is 5.32 Å². The Morgan fingerprint density at radius 1 is 1.07 bits per heavy atom. The fraction of sp³-hybridized carbons (Fsp3) is 0.160. The Morgan fingerprint density at radius 3 is 2.50 bits per heavy atom. The minimum Gasteiger partial charge on any atom is -0.345 e. The third-order valence-electron chi connectivity index (χ3n) is 5.20. The predicted octanol–water partition coefficient (Wildman–Crippen LogP) is 5.73. The maximum atomic E-state index is 12.0. The van der Waals surface area contributed by atoms with Crippen molar-refractivity contribution in [3.05, 3.63) is 77.8 Å². The fourth-order valence-electron chi connectivity index (χ4n) is 3.97. The van der Waals surface area contributed by atoms with E-state index in [1.165, 1.54) is 22.3 Å². The summed E-state index contributed by atoms with van der Waals surface area (Å²) in [7, 11) is 0. The lowest BCUT2D eigenvalue weighted by Gasteiger charge is -2.12. The second-order valence-electron chi connectivity index (χ2n) is 7.74. The molecule has 0 radical (unpaired) electrons. The molecule has 2 heterocycles. The molecule has 5 heteroatoms. The summed E-state index contributed by atoms with van der Waals surface area (Å²) in [6.45, 7) is 11.8. The van der Waals surface area contributed by atoms with Crippen LogP contribution in [0.3, 0.4) is 0 Å². The summed E-state index contributed by atoms with van der Waals surface area (Å²) in [5.41, 5.74) is 9.61. The Bertz CT molecular complexity index is 1280. The zero-order chi connectivity index (χ0) is 21.4. The van der Waals surface area contributed by atoms with Crippen molar-refractivity contribution in [3.8, 4) is 22.4 Å². The lowest BCUT2D eigenvalue weighted by molar-refractivity contribution is -0.112. The van der Waals surface area contributed by atoms with Gasteiger partial charge in [0.15, 0.2) is 0 Å². The average Bonchev–Trinajstić information content (AvgIpc) is 3.11. The van der Waals surface area contributed by atoms with E-state index in [9.17, 15) is 4.79 Å². The predicted molar refractivity (Wildman–Crippen MR) is 122 cm³/mol. The lowest BCUT2D eigenvalue weighted by Crippen LogP contribution is -2.11. The van der Waals surface area contributed by atoms with Gasteiger partial charge in [-0.2, -0.15) is 0 Å². The molecule has 1 amide bonds. The van der Waals surface area contributed by atoms with Crippen molar-refractivity contribution < 1.29 is 4.79 Å². The smallest absolute Gasteiger partial charge is 0.250 e. The Labute approximate surface area is 175 Å². The molecule has 2 aromatic heterocycles. The summed E-state index contributed by atoms with van der Waals surface area (Å²) in [4.78, 5) is 24.4. The highest BCUT2D eigenvalue weighted by Crippen LogP contribution is 2.38. The summed E-state index contributed by atoms with van der Waals surface area (Å²) < 4.78 is 0. The molecule has 4 rings (SSSR count). The van der Waals surface area contributed by atoms with Gasteiger partial charge in [0.25, 0.3) is 5.91 Å². The lowest BCUT2D eigenvalue weighted by atomic mass is 9.92. The molecule has 0 aliphatic heterocycles. The van der Waals surface area contributed by atoms with Gasteiger partial charge in [-0.1, -0.05) is 36.4 Å². The highest BCUT2D eigenvalue weighted by molar-refractivity contribution is 6.05. The molecular formula is C25H24N4O. The summed E-state index contributed by atoms with van der Waals surface area (Å²) in [5.74, 6) is -0.201. The number of aryl methyl sites for hydroxylation is 3. The number of aromatic amines is 1. The van der Waals surface area contributed by atoms with Gasteiger partial charge in [-0.3, -0.25) is 4.79 Å². The van der Waals surface area contributed by atoms with E-state index in [0.29, 0.717) is 11.3 Å². The molecule has 0 saturated heterocycles. The van der Waals surface area contributed by atoms with Crippen molar-refractivity contribution in [2.45, 2.75) is 27.7 Å². The van der Waals surface area contributed by atoms with Gasteiger partial charge in [0, 0.05) is 28.6 Å². The van der Waals surface area contributed by atoms with Gasteiger partial charge < -0.3 is 10.3 Å². The fourth-order valence-corrected chi connectivity index (χ4v) is 3.97. The molecular weight excluding hydrogens is 372 g/mol. The number of H-pyrrole nitrogens is 1. The van der Waals surface area contributed by atoms with Crippen molar-refractivity contribution >= 4 is 22.6 Å². The molecule has 0 aliphatic carbocycles. The van der Waals surface area contributed by atoms with Gasteiger partial charge in [-0.25, -0.2) is 9.97 Å². The number of hydrogen-bond acceptors (Lipinski definition) is 3. The van der Waals surface area contributed by atoms with E-state index in [-0.39, 0.29) is 5.91 Å². The van der Waals surface area contributed by atoms with Crippen LogP contribution in [0.1, 0.15) is 23.6 Å². The van der Waals surface area contributed by atoms with Crippen LogP contribution in [0, 0.1) is 20.8 Å². The third-order valence-corrected chi connectivity index (χ3v) is 5.20. The van der Waals surface area contributed by atoms with E-state index in [1.54, 1.807) is 13.3 Å². The van der Waals surface area contributed by atoms with Crippen LogP contribution in [-0.4, -0.2) is 20.9 Å². The second kappa shape index (κ2) is 7.59. The molecule has 0 spiro atoms. The standard InChI is InChI=1S/C25H24N4O/c1-14(2)25(30)29-19-8-6-7-18(11-19)23-22-20(12-26-24(22)28-13-27-23)21-16(4)9-15(3)10-17(21)5/h6-13H,1H2,2-5H3,(H,29,30)(H,26,27,28). The van der Waals surface area contributed by atoms with Crippen LogP contribution in [-0.2, 0) is 4.79 Å². The average molecular weight is 396 g/mol. The number of nitrogens with one attached hydrogen (secondary N) is 2. The van der Waals surface area contributed by atoms with Crippen LogP contribution in [0.2, 0.25) is 0 Å². The third kappa shape index (κ3) is 3.50. The van der Waals surface area contributed by atoms with Gasteiger partial charge in [-0.05, 0) is 56.5 Å². The molecule has 2 N–H and O–H groups in total. The number of rotatable bonds is 4. The van der Waals surface area contributed by atoms with Crippen molar-refractivity contribution in [3.63, 3.8) is 0 Å². The summed E-state index contributed by atoms with van der Waals surface area (Å²) in [6, 6.07) is 12.1. The van der Waals surface area contributed by atoms with Crippen LogP contribution >= 0.6 is 0 Å². The number of carbonyl (C=O) groups excluding carboxylic acids is 1. The molecule has 4 aromatic rings. The van der Waals surface area contributed by atoms with Crippen molar-refractivity contribution in [1.29, 1.82) is 0 Å². The van der Waals surface area contributed by atoms with Crippen LogP contribution in [0.4, 0.5) is 5.69 Å². The van der Waals surface area contributed by atoms with E-state index >= 15 is 0 Å². The van der Waals surface area contributed by atoms with E-state index in [4.69, 9.17) is 0 Å². The maximum Gasteiger partial charge on any atom is 0.250 e. The van der Waals surface area contributed by atoms with Gasteiger partial charge in [0.1, 0.15) is 12.0 Å². The first-order valence-corrected chi connectivity index (χ1v) is 9.82. The number of hydrogen-bond donors (Lipinski definition) is 2. The van der Waals surface area contributed by atoms with Crippen LogP contribution in [0.5, 0.6) is 0 Å². The number of fused-ring (bicyclic) bond motifs is 1. The zero-order valence-corrected chi connectivity index (χ0v) is 17.6. The molecule has 2 aromatic carbocycles. The first-order valence-electron chi connectivity index (χ1n) is 9.82. The first kappa shape index (κ1) is 19.6. The molecule has 0 saturated carbocycles. The topological polar surface area (TPSA) is 70.7 Å². The van der Waals surface area contributed by atoms with Crippen molar-refractivity contribution in [2.75, 3.05) is 5.32 Å². The summed E-state index contributed by atoms with van der Waals surface area (Å²) in [6.07, 6.45) is 3.56. The quantitative estimate of drug-likeness (QED) is 0.433. The van der Waals surface area contributed by atoms with E-state index in [2.05, 4.69) is 59.8 Å². The van der Waals surface area contributed by atoms with E-state index in [0.717, 1.165) is 27.9 Å². The normalized spacial score (nSPS) is 10.9. The van der Waals surface area contributed by atoms with Gasteiger partial charge >= 0.3 is 0 Å². The molecule has 0 fully saturated rings. The maximum absolute atomic E-state index is 12.0. The van der Waals surface area contributed by atoms with E-state index < -0.39 is 0 Å². The first-order chi connectivity index (χ1) is 14.3. The van der Waals surface area contributed by atoms with Crippen LogP contribution in [0.25, 0.3) is 33.4 Å². The number of nitrogens with zero attached hydrogens (tertiary/aromatic N) is 2. The minimum absolute atomic E-state index is 0.201. The van der Waals surface area contributed by atoms with Crippen LogP contribution in [0.15, 0.2) is 61.1 Å². The van der Waals surface area contributed by atoms with E-state index in [1.807, 2.05) is 30.5 Å². The molecule has 0 aliphatic rings. The molecule has 150 valence electrons. The molecule has 0 atom stereocenters. The second-order valence-corrected chi connectivity index (χ2v) is 7.74. The van der Waals surface area contributed by atoms with Crippen molar-refractivity contribution in [2.24, 2.45) is 0 Å². The molecule has 0 bridgehead atoms. The Morgan fingerprint density at radius 2 is 1.80 bits per heavy atom. The van der Waals surface area contributed by atoms with Gasteiger partial charge in [0.05, 0.1) is 11.1 Å². The largest absolute Gasteiger partial charge is 0.345 e. The van der Waals surface area contributed by atoms with Gasteiger partial charge in [0.2, 0.25) is 0 Å². The molecule has 0 unspecified atom stereocenters.